The monoisotopic (exact) mass is 462 g/mol. The molecule has 0 aliphatic carbocycles. The van der Waals surface area contributed by atoms with E-state index >= 15 is 0 Å². The Morgan fingerprint density at radius 3 is 2.28 bits per heavy atom. The molecule has 1 N–H and O–H groups in total. The highest BCUT2D eigenvalue weighted by Crippen LogP contribution is 2.23. The summed E-state index contributed by atoms with van der Waals surface area (Å²) in [7, 11) is -0.639. The zero-order chi connectivity index (χ0) is 23.8. The van der Waals surface area contributed by atoms with Crippen molar-refractivity contribution in [2.24, 2.45) is 0 Å². The van der Waals surface area contributed by atoms with Gasteiger partial charge in [-0.2, -0.15) is 5.10 Å². The van der Waals surface area contributed by atoms with Gasteiger partial charge in [-0.3, -0.25) is 4.79 Å². The van der Waals surface area contributed by atoms with E-state index in [1.54, 1.807) is 32.9 Å². The first-order chi connectivity index (χ1) is 14.9. The molecule has 0 bridgehead atoms. The molecule has 1 heterocycles. The summed E-state index contributed by atoms with van der Waals surface area (Å²) >= 11 is 0. The molecule has 0 fully saturated rings. The Labute approximate surface area is 185 Å². The molecular formula is C22H24F2N4O3S. The second kappa shape index (κ2) is 8.79. The highest BCUT2D eigenvalue weighted by atomic mass is 32.2. The fraction of sp³-hybridized carbons (Fsp3) is 0.273. The second-order valence-electron chi connectivity index (χ2n) is 7.60. The number of nitrogens with one attached hydrogen (secondary N) is 1. The molecule has 1 atom stereocenters. The summed E-state index contributed by atoms with van der Waals surface area (Å²) in [6.07, 6.45) is 0. The van der Waals surface area contributed by atoms with Gasteiger partial charge in [0.05, 0.1) is 27.9 Å². The molecule has 2 aromatic carbocycles. The van der Waals surface area contributed by atoms with Crippen molar-refractivity contribution in [3.05, 3.63) is 76.6 Å². The molecule has 10 heteroatoms. The van der Waals surface area contributed by atoms with Crippen molar-refractivity contribution >= 4 is 15.9 Å². The Kier molecular flexibility index (Phi) is 6.47. The highest BCUT2D eigenvalue weighted by Gasteiger charge is 2.23. The van der Waals surface area contributed by atoms with Gasteiger partial charge in [0.1, 0.15) is 11.5 Å². The smallest absolute Gasteiger partial charge is 0.255 e. The molecule has 1 amide bonds. The number of aryl methyl sites for hydroxylation is 1. The molecule has 0 radical (unpaired) electrons. The normalized spacial score (nSPS) is 12.8. The molecule has 0 spiro atoms. The lowest BCUT2D eigenvalue weighted by Crippen LogP contribution is -2.27. The van der Waals surface area contributed by atoms with Gasteiger partial charge < -0.3 is 5.32 Å². The van der Waals surface area contributed by atoms with Crippen LogP contribution in [0.4, 0.5) is 8.78 Å². The van der Waals surface area contributed by atoms with E-state index in [-0.39, 0.29) is 16.1 Å². The maximum Gasteiger partial charge on any atom is 0.255 e. The minimum Gasteiger partial charge on any atom is -0.345 e. The van der Waals surface area contributed by atoms with Gasteiger partial charge >= 0.3 is 0 Å². The van der Waals surface area contributed by atoms with Gasteiger partial charge in [0.15, 0.2) is 5.82 Å². The maximum atomic E-state index is 14.2. The molecule has 0 aliphatic rings. The standard InChI is InChI=1S/C22H24F2N4O3S/c1-13(16-6-9-18(10-7-16)32(30,31)27(4)5)25-22(29)21-14(2)26-28(15(21)3)20-11-8-17(23)12-19(20)24/h6-13H,1-5H3,(H,25,29). The number of amides is 1. The van der Waals surface area contributed by atoms with Crippen LogP contribution in [-0.2, 0) is 10.0 Å². The molecule has 0 saturated heterocycles. The van der Waals surface area contributed by atoms with Gasteiger partial charge in [-0.25, -0.2) is 26.2 Å². The number of carbonyl (C=O) groups is 1. The van der Waals surface area contributed by atoms with Crippen LogP contribution in [0.3, 0.4) is 0 Å². The summed E-state index contributed by atoms with van der Waals surface area (Å²) in [5, 5.41) is 7.11. The summed E-state index contributed by atoms with van der Waals surface area (Å²) in [5.74, 6) is -1.90. The van der Waals surface area contributed by atoms with Gasteiger partial charge in [0.25, 0.3) is 5.91 Å². The number of rotatable bonds is 6. The van der Waals surface area contributed by atoms with E-state index < -0.39 is 33.6 Å². The summed E-state index contributed by atoms with van der Waals surface area (Å²) in [5.41, 5.74) is 1.83. The Bertz CT molecular complexity index is 1270. The van der Waals surface area contributed by atoms with E-state index in [0.717, 1.165) is 16.4 Å². The van der Waals surface area contributed by atoms with E-state index in [1.807, 2.05) is 0 Å². The second-order valence-corrected chi connectivity index (χ2v) is 9.76. The molecular weight excluding hydrogens is 438 g/mol. The van der Waals surface area contributed by atoms with E-state index in [2.05, 4.69) is 10.4 Å². The van der Waals surface area contributed by atoms with Gasteiger partial charge in [-0.1, -0.05) is 12.1 Å². The molecule has 170 valence electrons. The first-order valence-corrected chi connectivity index (χ1v) is 11.2. The Balaban J connectivity index is 1.84. The summed E-state index contributed by atoms with van der Waals surface area (Å²) in [6.45, 7) is 5.02. The van der Waals surface area contributed by atoms with Crippen LogP contribution in [0, 0.1) is 25.5 Å². The van der Waals surface area contributed by atoms with Crippen molar-refractivity contribution < 1.29 is 22.0 Å². The molecule has 0 aliphatic heterocycles. The van der Waals surface area contributed by atoms with Crippen LogP contribution in [-0.4, -0.2) is 42.5 Å². The van der Waals surface area contributed by atoms with Crippen molar-refractivity contribution in [1.29, 1.82) is 0 Å². The number of hydrogen-bond donors (Lipinski definition) is 1. The average Bonchev–Trinajstić information content (AvgIpc) is 3.01. The molecule has 32 heavy (non-hydrogen) atoms. The number of sulfonamides is 1. The van der Waals surface area contributed by atoms with Gasteiger partial charge in [0, 0.05) is 20.2 Å². The largest absolute Gasteiger partial charge is 0.345 e. The highest BCUT2D eigenvalue weighted by molar-refractivity contribution is 7.89. The lowest BCUT2D eigenvalue weighted by Gasteiger charge is -2.16. The Morgan fingerprint density at radius 2 is 1.72 bits per heavy atom. The van der Waals surface area contributed by atoms with E-state index in [9.17, 15) is 22.0 Å². The predicted octanol–water partition coefficient (Wildman–Crippen LogP) is 3.51. The number of halogens is 2. The summed E-state index contributed by atoms with van der Waals surface area (Å²) in [4.78, 5) is 13.1. The SMILES string of the molecule is Cc1nn(-c2ccc(F)cc2F)c(C)c1C(=O)NC(C)c1ccc(S(=O)(=O)N(C)C)cc1. The molecule has 7 nitrogen and oxygen atoms in total. The summed E-state index contributed by atoms with van der Waals surface area (Å²) < 4.78 is 54.3. The Hall–Kier alpha value is -3.11. The molecule has 1 unspecified atom stereocenters. The van der Waals surface area contributed by atoms with Crippen LogP contribution >= 0.6 is 0 Å². The van der Waals surface area contributed by atoms with Crippen LogP contribution in [0.2, 0.25) is 0 Å². The van der Waals surface area contributed by atoms with Crippen molar-refractivity contribution in [3.63, 3.8) is 0 Å². The first kappa shape index (κ1) is 23.6. The molecule has 3 aromatic rings. The third-order valence-electron chi connectivity index (χ3n) is 5.16. The third kappa shape index (κ3) is 4.42. The number of aromatic nitrogens is 2. The van der Waals surface area contributed by atoms with Crippen molar-refractivity contribution in [2.45, 2.75) is 31.7 Å². The van der Waals surface area contributed by atoms with Crippen LogP contribution < -0.4 is 5.32 Å². The van der Waals surface area contributed by atoms with Crippen molar-refractivity contribution in [2.75, 3.05) is 14.1 Å². The molecule has 3 rings (SSSR count). The van der Waals surface area contributed by atoms with E-state index in [4.69, 9.17) is 0 Å². The minimum absolute atomic E-state index is 0.0387. The first-order valence-electron chi connectivity index (χ1n) is 9.78. The maximum absolute atomic E-state index is 14.2. The molecule has 0 saturated carbocycles. The fourth-order valence-electron chi connectivity index (χ4n) is 3.35. The zero-order valence-corrected chi connectivity index (χ0v) is 19.2. The van der Waals surface area contributed by atoms with Gasteiger partial charge in [-0.05, 0) is 50.6 Å². The predicted molar refractivity (Wildman–Crippen MR) is 116 cm³/mol. The Morgan fingerprint density at radius 1 is 1.09 bits per heavy atom. The van der Waals surface area contributed by atoms with E-state index in [1.165, 1.54) is 37.0 Å². The van der Waals surface area contributed by atoms with Crippen LogP contribution in [0.25, 0.3) is 5.69 Å². The zero-order valence-electron chi connectivity index (χ0n) is 18.3. The van der Waals surface area contributed by atoms with Crippen molar-refractivity contribution in [1.82, 2.24) is 19.4 Å². The number of benzene rings is 2. The number of carbonyl (C=O) groups excluding carboxylic acids is 1. The van der Waals surface area contributed by atoms with Crippen molar-refractivity contribution in [3.8, 4) is 5.69 Å². The average molecular weight is 463 g/mol. The molecule has 1 aromatic heterocycles. The van der Waals surface area contributed by atoms with Crippen LogP contribution in [0.15, 0.2) is 47.4 Å². The lowest BCUT2D eigenvalue weighted by molar-refractivity contribution is 0.0938. The quantitative estimate of drug-likeness (QED) is 0.608. The topological polar surface area (TPSA) is 84.3 Å². The number of hydrogen-bond acceptors (Lipinski definition) is 4. The van der Waals surface area contributed by atoms with Gasteiger partial charge in [0.2, 0.25) is 10.0 Å². The van der Waals surface area contributed by atoms with Gasteiger partial charge in [-0.15, -0.1) is 0 Å². The van der Waals surface area contributed by atoms with Crippen LogP contribution in [0.5, 0.6) is 0 Å². The third-order valence-corrected chi connectivity index (χ3v) is 6.99. The number of nitrogens with zero attached hydrogens (tertiary/aromatic N) is 3. The summed E-state index contributed by atoms with van der Waals surface area (Å²) in [6, 6.07) is 8.96. The lowest BCUT2D eigenvalue weighted by atomic mass is 10.1. The fourth-order valence-corrected chi connectivity index (χ4v) is 4.25. The van der Waals surface area contributed by atoms with Crippen LogP contribution in [0.1, 0.15) is 40.3 Å². The minimum atomic E-state index is -3.55. The van der Waals surface area contributed by atoms with E-state index in [0.29, 0.717) is 17.0 Å².